The minimum absolute atomic E-state index is 0.144. The summed E-state index contributed by atoms with van der Waals surface area (Å²) in [5.41, 5.74) is 1.27. The molecule has 0 spiro atoms. The average molecular weight is 433 g/mol. The summed E-state index contributed by atoms with van der Waals surface area (Å²) in [5, 5.41) is 12.2. The van der Waals surface area contributed by atoms with Crippen molar-refractivity contribution in [3.63, 3.8) is 0 Å². The first kappa shape index (κ1) is 21.0. The number of carboxylic acid groups (broad SMARTS) is 1. The molecule has 8 nitrogen and oxygen atoms in total. The largest absolute Gasteiger partial charge is 0.480 e. The summed E-state index contributed by atoms with van der Waals surface area (Å²) >= 11 is 6.09. The van der Waals surface area contributed by atoms with Crippen LogP contribution in [0.2, 0.25) is 0 Å². The number of thioether (sulfide) groups is 1. The van der Waals surface area contributed by atoms with Crippen LogP contribution in [0.5, 0.6) is 0 Å². The number of hydrogen-bond donors (Lipinski definition) is 2. The molecule has 2 aromatic heterocycles. The zero-order valence-electron chi connectivity index (χ0n) is 16.1. The molecule has 1 fully saturated rings. The van der Waals surface area contributed by atoms with Crippen molar-refractivity contribution < 1.29 is 14.7 Å². The number of thiocarbonyl (C=S) groups is 1. The van der Waals surface area contributed by atoms with E-state index in [4.69, 9.17) is 17.3 Å². The Balaban J connectivity index is 2.14. The van der Waals surface area contributed by atoms with Gasteiger partial charge in [-0.3, -0.25) is 23.7 Å². The highest BCUT2D eigenvalue weighted by Crippen LogP contribution is 2.32. The summed E-state index contributed by atoms with van der Waals surface area (Å²) in [7, 11) is 0. The van der Waals surface area contributed by atoms with Gasteiger partial charge in [0.15, 0.2) is 0 Å². The molecule has 0 aromatic carbocycles. The van der Waals surface area contributed by atoms with Crippen molar-refractivity contribution in [1.82, 2.24) is 14.3 Å². The zero-order valence-corrected chi connectivity index (χ0v) is 17.8. The molecule has 0 aliphatic carbocycles. The van der Waals surface area contributed by atoms with E-state index in [1.807, 2.05) is 26.8 Å². The number of carbonyl (C=O) groups is 2. The highest BCUT2D eigenvalue weighted by atomic mass is 32.2. The fraction of sp³-hybridized carbons (Fsp3) is 0.316. The smallest absolute Gasteiger partial charge is 0.323 e. The van der Waals surface area contributed by atoms with Gasteiger partial charge >= 0.3 is 5.97 Å². The molecule has 0 atom stereocenters. The predicted octanol–water partition coefficient (Wildman–Crippen LogP) is 2.36. The minimum atomic E-state index is -1.16. The van der Waals surface area contributed by atoms with E-state index >= 15 is 0 Å². The third kappa shape index (κ3) is 4.33. The van der Waals surface area contributed by atoms with Gasteiger partial charge in [0.05, 0.1) is 10.5 Å². The van der Waals surface area contributed by atoms with Gasteiger partial charge in [-0.2, -0.15) is 0 Å². The molecular weight excluding hydrogens is 412 g/mol. The number of nitrogens with zero attached hydrogens (tertiary/aromatic N) is 3. The standard InChI is InChI=1S/C19H20N4O4S2/c1-10(2)8-20-15-12(17(26)22-6-4-5-11(3)16(22)21-15)7-13-18(27)23(9-14(24)25)19(28)29-13/h4-7,10,20H,8-9H2,1-3H3,(H,24,25)/b13-7-. The van der Waals surface area contributed by atoms with E-state index < -0.39 is 18.4 Å². The number of nitrogens with one attached hydrogen (secondary N) is 1. The molecule has 152 valence electrons. The van der Waals surface area contributed by atoms with Crippen molar-refractivity contribution in [3.05, 3.63) is 44.7 Å². The van der Waals surface area contributed by atoms with E-state index in [2.05, 4.69) is 10.3 Å². The van der Waals surface area contributed by atoms with Crippen LogP contribution in [0.3, 0.4) is 0 Å². The van der Waals surface area contributed by atoms with Crippen LogP contribution >= 0.6 is 24.0 Å². The lowest BCUT2D eigenvalue weighted by atomic mass is 10.2. The van der Waals surface area contributed by atoms with Crippen LogP contribution in [0, 0.1) is 12.8 Å². The number of aliphatic carboxylic acids is 1. The summed E-state index contributed by atoms with van der Waals surface area (Å²) in [6.45, 7) is 6.00. The minimum Gasteiger partial charge on any atom is -0.480 e. The van der Waals surface area contributed by atoms with Crippen molar-refractivity contribution in [2.24, 2.45) is 5.92 Å². The van der Waals surface area contributed by atoms with Gasteiger partial charge in [0.1, 0.15) is 22.3 Å². The molecule has 1 aliphatic rings. The molecule has 1 saturated heterocycles. The van der Waals surface area contributed by atoms with Gasteiger partial charge in [0.25, 0.3) is 11.5 Å². The Morgan fingerprint density at radius 1 is 1.41 bits per heavy atom. The first-order valence-electron chi connectivity index (χ1n) is 8.92. The first-order chi connectivity index (χ1) is 13.7. The Morgan fingerprint density at radius 2 is 2.14 bits per heavy atom. The summed E-state index contributed by atoms with van der Waals surface area (Å²) in [6, 6.07) is 3.62. The third-order valence-electron chi connectivity index (χ3n) is 4.20. The quantitative estimate of drug-likeness (QED) is 0.530. The number of aromatic nitrogens is 2. The van der Waals surface area contributed by atoms with E-state index in [9.17, 15) is 14.4 Å². The summed E-state index contributed by atoms with van der Waals surface area (Å²) in [4.78, 5) is 42.6. The topological polar surface area (TPSA) is 104 Å². The van der Waals surface area contributed by atoms with Crippen molar-refractivity contribution in [1.29, 1.82) is 0 Å². The van der Waals surface area contributed by atoms with E-state index in [1.165, 1.54) is 10.5 Å². The van der Waals surface area contributed by atoms with Gasteiger partial charge in [0.2, 0.25) is 0 Å². The molecule has 0 bridgehead atoms. The lowest BCUT2D eigenvalue weighted by Crippen LogP contribution is -2.33. The van der Waals surface area contributed by atoms with Crippen LogP contribution in [0.15, 0.2) is 28.0 Å². The van der Waals surface area contributed by atoms with E-state index in [0.717, 1.165) is 22.2 Å². The number of pyridine rings is 1. The second-order valence-corrected chi connectivity index (χ2v) is 8.68. The number of amides is 1. The van der Waals surface area contributed by atoms with Gasteiger partial charge in [-0.05, 0) is 30.5 Å². The molecule has 0 unspecified atom stereocenters. The number of aryl methyl sites for hydroxylation is 1. The van der Waals surface area contributed by atoms with Crippen LogP contribution in [0.25, 0.3) is 11.7 Å². The molecule has 29 heavy (non-hydrogen) atoms. The van der Waals surface area contributed by atoms with Crippen molar-refractivity contribution in [3.8, 4) is 0 Å². The van der Waals surface area contributed by atoms with Crippen molar-refractivity contribution >= 4 is 57.7 Å². The normalized spacial score (nSPS) is 15.7. The lowest BCUT2D eigenvalue weighted by molar-refractivity contribution is -0.140. The van der Waals surface area contributed by atoms with E-state index in [1.54, 1.807) is 12.3 Å². The highest BCUT2D eigenvalue weighted by molar-refractivity contribution is 8.26. The monoisotopic (exact) mass is 432 g/mol. The van der Waals surface area contributed by atoms with Gasteiger partial charge < -0.3 is 10.4 Å². The summed E-state index contributed by atoms with van der Waals surface area (Å²) in [5.74, 6) is -1.01. The predicted molar refractivity (Wildman–Crippen MR) is 117 cm³/mol. The first-order valence-corrected chi connectivity index (χ1v) is 10.1. The van der Waals surface area contributed by atoms with Crippen LogP contribution in [-0.4, -0.2) is 48.7 Å². The Bertz CT molecular complexity index is 1110. The number of anilines is 1. The Labute approximate surface area is 176 Å². The van der Waals surface area contributed by atoms with Crippen molar-refractivity contribution in [2.75, 3.05) is 18.4 Å². The van der Waals surface area contributed by atoms with Gasteiger partial charge in [-0.15, -0.1) is 0 Å². The Hall–Kier alpha value is -2.72. The molecule has 3 rings (SSSR count). The van der Waals surface area contributed by atoms with Crippen LogP contribution < -0.4 is 10.9 Å². The fourth-order valence-electron chi connectivity index (χ4n) is 2.78. The Morgan fingerprint density at radius 3 is 2.79 bits per heavy atom. The summed E-state index contributed by atoms with van der Waals surface area (Å²) < 4.78 is 1.57. The number of fused-ring (bicyclic) bond motifs is 1. The highest BCUT2D eigenvalue weighted by Gasteiger charge is 2.34. The molecule has 10 heteroatoms. The Kier molecular flexibility index (Phi) is 6.04. The third-order valence-corrected chi connectivity index (χ3v) is 5.58. The number of hydrogen-bond acceptors (Lipinski definition) is 7. The second-order valence-electron chi connectivity index (χ2n) is 7.00. The maximum atomic E-state index is 13.2. The number of carbonyl (C=O) groups excluding carboxylic acids is 1. The van der Waals surface area contributed by atoms with Crippen LogP contribution in [0.1, 0.15) is 25.0 Å². The lowest BCUT2D eigenvalue weighted by Gasteiger charge is -2.13. The number of carboxylic acids is 1. The molecule has 2 aromatic rings. The van der Waals surface area contributed by atoms with Crippen molar-refractivity contribution in [2.45, 2.75) is 20.8 Å². The molecule has 2 N–H and O–H groups in total. The van der Waals surface area contributed by atoms with E-state index in [0.29, 0.717) is 23.9 Å². The van der Waals surface area contributed by atoms with Gasteiger partial charge in [-0.1, -0.05) is 43.9 Å². The van der Waals surface area contributed by atoms with Crippen LogP contribution in [-0.2, 0) is 9.59 Å². The molecular formula is C19H20N4O4S2. The maximum Gasteiger partial charge on any atom is 0.323 e. The molecule has 0 radical (unpaired) electrons. The fourth-order valence-corrected chi connectivity index (χ4v) is 4.02. The molecule has 3 heterocycles. The molecule has 1 amide bonds. The van der Waals surface area contributed by atoms with Crippen LogP contribution in [0.4, 0.5) is 5.82 Å². The van der Waals surface area contributed by atoms with Gasteiger partial charge in [-0.25, -0.2) is 4.98 Å². The summed E-state index contributed by atoms with van der Waals surface area (Å²) in [6.07, 6.45) is 3.06. The van der Waals surface area contributed by atoms with Gasteiger partial charge in [0, 0.05) is 12.7 Å². The average Bonchev–Trinajstić information content (AvgIpc) is 2.90. The molecule has 1 aliphatic heterocycles. The second kappa shape index (κ2) is 8.34. The van der Waals surface area contributed by atoms with E-state index in [-0.39, 0.29) is 20.3 Å². The molecule has 0 saturated carbocycles. The SMILES string of the molecule is Cc1cccn2c(=O)c(/C=C3\SC(=S)N(CC(=O)O)C3=O)c(NCC(C)C)nc12. The zero-order chi connectivity index (χ0) is 21.3. The number of rotatable bonds is 6. The maximum absolute atomic E-state index is 13.2.